The Labute approximate surface area is 99.0 Å². The first-order chi connectivity index (χ1) is 6.70. The van der Waals surface area contributed by atoms with Crippen LogP contribution in [0.3, 0.4) is 0 Å². The lowest BCUT2D eigenvalue weighted by atomic mass is 10.0. The monoisotopic (exact) mass is 322 g/mol. The third-order valence-electron chi connectivity index (χ3n) is 1.87. The molecule has 0 N–H and O–H groups in total. The van der Waals surface area contributed by atoms with Crippen LogP contribution in [0.1, 0.15) is 22.3 Å². The van der Waals surface area contributed by atoms with Crippen molar-refractivity contribution >= 4 is 37.6 Å². The molecule has 0 aliphatic carbocycles. The Bertz CT molecular complexity index is 339. The van der Waals surface area contributed by atoms with Crippen LogP contribution in [0.15, 0.2) is 22.7 Å². The van der Waals surface area contributed by atoms with Gasteiger partial charge in [-0.2, -0.15) is 0 Å². The minimum Gasteiger partial charge on any atom is -0.294 e. The first kappa shape index (κ1) is 11.9. The van der Waals surface area contributed by atoms with Crippen LogP contribution in [-0.2, 0) is 6.67 Å². The molecule has 0 radical (unpaired) electrons. The Morgan fingerprint density at radius 1 is 1.43 bits per heavy atom. The molecule has 0 heterocycles. The predicted octanol–water partition coefficient (Wildman–Crippen LogP) is 3.89. The normalized spacial score (nSPS) is 10.2. The zero-order valence-corrected chi connectivity index (χ0v) is 10.6. The lowest BCUT2D eigenvalue weighted by Gasteiger charge is -2.06. The van der Waals surface area contributed by atoms with Gasteiger partial charge in [0, 0.05) is 27.4 Å². The number of hydrogen-bond donors (Lipinski definition) is 0. The zero-order chi connectivity index (χ0) is 10.6. The van der Waals surface area contributed by atoms with Gasteiger partial charge in [0.05, 0.1) is 0 Å². The second-order valence-electron chi connectivity index (χ2n) is 2.76. The molecule has 14 heavy (non-hydrogen) atoms. The molecule has 0 saturated heterocycles. The van der Waals surface area contributed by atoms with E-state index in [0.717, 1.165) is 0 Å². The molecule has 1 aromatic rings. The quantitative estimate of drug-likeness (QED) is 0.607. The first-order valence-corrected chi connectivity index (χ1v) is 6.04. The molecule has 0 saturated carbocycles. The number of hydrogen-bond acceptors (Lipinski definition) is 1. The van der Waals surface area contributed by atoms with Gasteiger partial charge in [-0.3, -0.25) is 4.79 Å². The highest BCUT2D eigenvalue weighted by Crippen LogP contribution is 2.22. The number of halogens is 3. The van der Waals surface area contributed by atoms with Crippen LogP contribution in [0.5, 0.6) is 0 Å². The summed E-state index contributed by atoms with van der Waals surface area (Å²) in [7, 11) is 0. The number of Topliss-reactive ketones (excluding diaryl/α,β-unsaturated/α-hetero) is 1. The van der Waals surface area contributed by atoms with Gasteiger partial charge < -0.3 is 0 Å². The zero-order valence-electron chi connectivity index (χ0n) is 7.40. The third kappa shape index (κ3) is 2.64. The average Bonchev–Trinajstić information content (AvgIpc) is 2.17. The van der Waals surface area contributed by atoms with Crippen molar-refractivity contribution in [2.24, 2.45) is 0 Å². The number of rotatable bonds is 4. The van der Waals surface area contributed by atoms with E-state index < -0.39 is 6.67 Å². The van der Waals surface area contributed by atoms with Crippen molar-refractivity contribution in [2.45, 2.75) is 13.1 Å². The molecule has 0 unspecified atom stereocenters. The van der Waals surface area contributed by atoms with Gasteiger partial charge in [0.15, 0.2) is 5.78 Å². The average molecular weight is 324 g/mol. The minimum atomic E-state index is -0.620. The summed E-state index contributed by atoms with van der Waals surface area (Å²) in [6.45, 7) is -0.620. The lowest BCUT2D eigenvalue weighted by Crippen LogP contribution is -2.04. The van der Waals surface area contributed by atoms with Gasteiger partial charge in [-0.15, -0.1) is 0 Å². The maximum Gasteiger partial charge on any atom is 0.164 e. The predicted molar refractivity (Wildman–Crippen MR) is 61.7 cm³/mol. The molecule has 0 fully saturated rings. The second kappa shape index (κ2) is 5.61. The van der Waals surface area contributed by atoms with Gasteiger partial charge in [0.25, 0.3) is 0 Å². The molecule has 0 bridgehead atoms. The van der Waals surface area contributed by atoms with Crippen LogP contribution in [0.25, 0.3) is 0 Å². The van der Waals surface area contributed by atoms with Crippen LogP contribution in [0, 0.1) is 0 Å². The van der Waals surface area contributed by atoms with E-state index in [1.807, 2.05) is 0 Å². The smallest absolute Gasteiger partial charge is 0.164 e. The maximum absolute atomic E-state index is 12.7. The van der Waals surface area contributed by atoms with E-state index in [1.165, 1.54) is 0 Å². The van der Waals surface area contributed by atoms with Gasteiger partial charge in [-0.05, 0) is 6.07 Å². The van der Waals surface area contributed by atoms with E-state index in [2.05, 4.69) is 31.9 Å². The Morgan fingerprint density at radius 2 is 2.14 bits per heavy atom. The van der Waals surface area contributed by atoms with Crippen molar-refractivity contribution in [3.8, 4) is 0 Å². The SMILES string of the molecule is O=C(CCBr)c1cccc(Br)c1CF. The van der Waals surface area contributed by atoms with Crippen molar-refractivity contribution < 1.29 is 9.18 Å². The number of carbonyl (C=O) groups is 1. The Morgan fingerprint density at radius 3 is 2.71 bits per heavy atom. The van der Waals surface area contributed by atoms with Crippen LogP contribution >= 0.6 is 31.9 Å². The fraction of sp³-hybridized carbons (Fsp3) is 0.300. The molecular weight excluding hydrogens is 315 g/mol. The van der Waals surface area contributed by atoms with Gasteiger partial charge in [-0.25, -0.2) is 4.39 Å². The highest BCUT2D eigenvalue weighted by atomic mass is 79.9. The fourth-order valence-electron chi connectivity index (χ4n) is 1.18. The highest BCUT2D eigenvalue weighted by molar-refractivity contribution is 9.10. The van der Waals surface area contributed by atoms with Crippen molar-refractivity contribution in [1.29, 1.82) is 0 Å². The van der Waals surface area contributed by atoms with Crippen LogP contribution in [0.4, 0.5) is 4.39 Å². The number of alkyl halides is 2. The molecule has 0 aliphatic heterocycles. The summed E-state index contributed by atoms with van der Waals surface area (Å²) < 4.78 is 13.3. The second-order valence-corrected chi connectivity index (χ2v) is 4.41. The maximum atomic E-state index is 12.7. The summed E-state index contributed by atoms with van der Waals surface area (Å²) in [6, 6.07) is 5.13. The van der Waals surface area contributed by atoms with E-state index in [1.54, 1.807) is 18.2 Å². The van der Waals surface area contributed by atoms with Crippen LogP contribution < -0.4 is 0 Å². The summed E-state index contributed by atoms with van der Waals surface area (Å²) in [5, 5.41) is 0.601. The molecule has 0 amide bonds. The molecular formula is C10H9Br2FO. The summed E-state index contributed by atoms with van der Waals surface area (Å²) in [6.07, 6.45) is 0.392. The molecule has 0 atom stereocenters. The largest absolute Gasteiger partial charge is 0.294 e. The van der Waals surface area contributed by atoms with E-state index >= 15 is 0 Å². The molecule has 1 aromatic carbocycles. The highest BCUT2D eigenvalue weighted by Gasteiger charge is 2.12. The van der Waals surface area contributed by atoms with Crippen molar-refractivity contribution in [2.75, 3.05) is 5.33 Å². The molecule has 4 heteroatoms. The summed E-state index contributed by atoms with van der Waals surface area (Å²) in [5.74, 6) is -0.0316. The van der Waals surface area contributed by atoms with Crippen molar-refractivity contribution in [1.82, 2.24) is 0 Å². The van der Waals surface area contributed by atoms with Gasteiger partial charge in [-0.1, -0.05) is 44.0 Å². The van der Waals surface area contributed by atoms with E-state index in [9.17, 15) is 9.18 Å². The minimum absolute atomic E-state index is 0.0316. The number of carbonyl (C=O) groups excluding carboxylic acids is 1. The van der Waals surface area contributed by atoms with E-state index in [0.29, 0.717) is 27.4 Å². The van der Waals surface area contributed by atoms with Crippen molar-refractivity contribution in [3.63, 3.8) is 0 Å². The molecule has 1 nitrogen and oxygen atoms in total. The van der Waals surface area contributed by atoms with Gasteiger partial charge >= 0.3 is 0 Å². The molecule has 0 aromatic heterocycles. The Hall–Kier alpha value is -0.220. The first-order valence-electron chi connectivity index (χ1n) is 4.13. The summed E-state index contributed by atoms with van der Waals surface area (Å²) >= 11 is 6.41. The third-order valence-corrected chi connectivity index (χ3v) is 3.01. The molecule has 1 rings (SSSR count). The number of benzene rings is 1. The van der Waals surface area contributed by atoms with Crippen LogP contribution in [-0.4, -0.2) is 11.1 Å². The number of ketones is 1. The molecule has 0 spiro atoms. The van der Waals surface area contributed by atoms with Gasteiger partial charge in [0.1, 0.15) is 6.67 Å². The Balaban J connectivity index is 3.07. The lowest BCUT2D eigenvalue weighted by molar-refractivity contribution is 0.0988. The van der Waals surface area contributed by atoms with Crippen LogP contribution in [0.2, 0.25) is 0 Å². The molecule has 0 aliphatic rings. The topological polar surface area (TPSA) is 17.1 Å². The Kier molecular flexibility index (Phi) is 4.75. The van der Waals surface area contributed by atoms with E-state index in [-0.39, 0.29) is 5.78 Å². The van der Waals surface area contributed by atoms with Crippen molar-refractivity contribution in [3.05, 3.63) is 33.8 Å². The van der Waals surface area contributed by atoms with E-state index in [4.69, 9.17) is 0 Å². The molecule has 76 valence electrons. The standard InChI is InChI=1S/C10H9Br2FO/c11-5-4-10(14)7-2-1-3-9(12)8(7)6-13/h1-3H,4-6H2. The fourth-order valence-corrected chi connectivity index (χ4v) is 2.01. The van der Waals surface area contributed by atoms with Gasteiger partial charge in [0.2, 0.25) is 0 Å². The summed E-state index contributed by atoms with van der Waals surface area (Å²) in [4.78, 5) is 11.6. The summed E-state index contributed by atoms with van der Waals surface area (Å²) in [5.41, 5.74) is 0.916.